The van der Waals surface area contributed by atoms with Crippen molar-refractivity contribution in [2.45, 2.75) is 32.7 Å². The first-order valence-electron chi connectivity index (χ1n) is 5.79. The molecule has 0 atom stereocenters. The van der Waals surface area contributed by atoms with E-state index in [-0.39, 0.29) is 5.91 Å². The molecule has 0 fully saturated rings. The van der Waals surface area contributed by atoms with Gasteiger partial charge in [-0.2, -0.15) is 0 Å². The van der Waals surface area contributed by atoms with Crippen LogP contribution in [0.2, 0.25) is 0 Å². The minimum absolute atomic E-state index is 0.0762. The van der Waals surface area contributed by atoms with Gasteiger partial charge < -0.3 is 4.57 Å². The number of hydrogen-bond acceptors (Lipinski definition) is 4. The van der Waals surface area contributed by atoms with Crippen LogP contribution in [-0.4, -0.2) is 19.8 Å². The SMILES string of the molecule is CCn1ccnc1NC(=O)C(C)(C)c1ccns1. The number of aromatic nitrogens is 3. The fourth-order valence-corrected chi connectivity index (χ4v) is 2.27. The van der Waals surface area contributed by atoms with Gasteiger partial charge in [-0.1, -0.05) is 0 Å². The molecule has 0 aliphatic heterocycles. The van der Waals surface area contributed by atoms with Gasteiger partial charge >= 0.3 is 0 Å². The summed E-state index contributed by atoms with van der Waals surface area (Å²) in [5.41, 5.74) is -0.605. The highest BCUT2D eigenvalue weighted by atomic mass is 32.1. The number of hydrogen-bond donors (Lipinski definition) is 1. The number of carbonyl (C=O) groups is 1. The maximum atomic E-state index is 12.3. The maximum absolute atomic E-state index is 12.3. The second-order valence-corrected chi connectivity index (χ2v) is 5.33. The molecule has 1 amide bonds. The highest BCUT2D eigenvalue weighted by Gasteiger charge is 2.32. The van der Waals surface area contributed by atoms with E-state index in [1.165, 1.54) is 11.5 Å². The van der Waals surface area contributed by atoms with E-state index >= 15 is 0 Å². The minimum Gasteiger partial charge on any atom is -0.317 e. The van der Waals surface area contributed by atoms with E-state index in [0.717, 1.165) is 11.4 Å². The Balaban J connectivity index is 2.18. The summed E-state index contributed by atoms with van der Waals surface area (Å²) in [5.74, 6) is 0.507. The van der Waals surface area contributed by atoms with E-state index in [4.69, 9.17) is 0 Å². The first-order chi connectivity index (χ1) is 8.55. The normalized spacial score (nSPS) is 11.5. The molecule has 96 valence electrons. The van der Waals surface area contributed by atoms with Gasteiger partial charge in [0.25, 0.3) is 0 Å². The third-order valence-corrected chi connectivity index (χ3v) is 3.97. The van der Waals surface area contributed by atoms with Gasteiger partial charge in [-0.3, -0.25) is 10.1 Å². The minimum atomic E-state index is -0.605. The lowest BCUT2D eigenvalue weighted by Gasteiger charge is -2.21. The standard InChI is InChI=1S/C12H16N4OS/c1-4-16-8-7-13-11(16)15-10(17)12(2,3)9-5-6-14-18-9/h5-8H,4H2,1-3H3,(H,13,15,17). The smallest absolute Gasteiger partial charge is 0.237 e. The van der Waals surface area contributed by atoms with E-state index in [0.29, 0.717) is 5.95 Å². The van der Waals surface area contributed by atoms with Gasteiger partial charge in [0.15, 0.2) is 0 Å². The van der Waals surface area contributed by atoms with E-state index in [9.17, 15) is 4.79 Å². The second kappa shape index (κ2) is 4.89. The summed E-state index contributed by atoms with van der Waals surface area (Å²) in [6.45, 7) is 6.55. The molecular formula is C12H16N4OS. The fraction of sp³-hybridized carbons (Fsp3) is 0.417. The van der Waals surface area contributed by atoms with Crippen LogP contribution in [0.4, 0.5) is 5.95 Å². The summed E-state index contributed by atoms with van der Waals surface area (Å²) < 4.78 is 5.93. The number of nitrogens with zero attached hydrogens (tertiary/aromatic N) is 3. The highest BCUT2D eigenvalue weighted by molar-refractivity contribution is 7.06. The van der Waals surface area contributed by atoms with Gasteiger partial charge in [0.2, 0.25) is 11.9 Å². The molecule has 0 unspecified atom stereocenters. The molecule has 6 heteroatoms. The van der Waals surface area contributed by atoms with Crippen LogP contribution in [0.25, 0.3) is 0 Å². The average Bonchev–Trinajstić information content (AvgIpc) is 2.99. The van der Waals surface area contributed by atoms with Crippen LogP contribution in [0.1, 0.15) is 25.6 Å². The van der Waals surface area contributed by atoms with Crippen LogP contribution in [0.3, 0.4) is 0 Å². The van der Waals surface area contributed by atoms with Crippen LogP contribution >= 0.6 is 11.5 Å². The molecule has 2 rings (SSSR count). The van der Waals surface area contributed by atoms with Crippen molar-refractivity contribution in [3.05, 3.63) is 29.5 Å². The molecule has 0 bridgehead atoms. The van der Waals surface area contributed by atoms with E-state index in [1.54, 1.807) is 12.4 Å². The third-order valence-electron chi connectivity index (χ3n) is 2.90. The van der Waals surface area contributed by atoms with Crippen LogP contribution in [0, 0.1) is 0 Å². The molecule has 0 aliphatic rings. The molecule has 0 spiro atoms. The van der Waals surface area contributed by atoms with Crippen LogP contribution in [0.15, 0.2) is 24.7 Å². The molecule has 0 saturated heterocycles. The van der Waals surface area contributed by atoms with Crippen LogP contribution in [-0.2, 0) is 16.8 Å². The lowest BCUT2D eigenvalue weighted by Crippen LogP contribution is -2.34. The Morgan fingerprint density at radius 2 is 2.28 bits per heavy atom. The Hall–Kier alpha value is -1.69. The Morgan fingerprint density at radius 3 is 2.89 bits per heavy atom. The summed E-state index contributed by atoms with van der Waals surface area (Å²) in [6, 6.07) is 1.87. The second-order valence-electron chi connectivity index (χ2n) is 4.49. The number of anilines is 1. The molecule has 2 aromatic heterocycles. The molecule has 5 nitrogen and oxygen atoms in total. The Morgan fingerprint density at radius 1 is 1.50 bits per heavy atom. The Bertz CT molecular complexity index is 530. The molecule has 2 aromatic rings. The molecule has 2 heterocycles. The summed E-state index contributed by atoms with van der Waals surface area (Å²) in [5, 5.41) is 2.86. The maximum Gasteiger partial charge on any atom is 0.237 e. The average molecular weight is 264 g/mol. The molecule has 0 radical (unpaired) electrons. The molecule has 0 aliphatic carbocycles. The Labute approximate surface area is 110 Å². The zero-order valence-electron chi connectivity index (χ0n) is 10.7. The van der Waals surface area contributed by atoms with Crippen LogP contribution in [0.5, 0.6) is 0 Å². The van der Waals surface area contributed by atoms with Crippen LogP contribution < -0.4 is 5.32 Å². The van der Waals surface area contributed by atoms with Gasteiger partial charge in [0.05, 0.1) is 5.41 Å². The lowest BCUT2D eigenvalue weighted by molar-refractivity contribution is -0.120. The van der Waals surface area contributed by atoms with Gasteiger partial charge in [-0.05, 0) is 38.4 Å². The monoisotopic (exact) mass is 264 g/mol. The van der Waals surface area contributed by atoms with Crippen molar-refractivity contribution >= 4 is 23.4 Å². The summed E-state index contributed by atoms with van der Waals surface area (Å²) in [4.78, 5) is 17.4. The molecule has 0 aromatic carbocycles. The zero-order chi connectivity index (χ0) is 13.2. The number of aryl methyl sites for hydroxylation is 1. The van der Waals surface area contributed by atoms with Crippen molar-refractivity contribution in [3.63, 3.8) is 0 Å². The lowest BCUT2D eigenvalue weighted by atomic mass is 9.90. The fourth-order valence-electron chi connectivity index (χ4n) is 1.60. The van der Waals surface area contributed by atoms with E-state index in [1.807, 2.05) is 37.6 Å². The number of nitrogens with one attached hydrogen (secondary N) is 1. The van der Waals surface area contributed by atoms with Crippen molar-refractivity contribution in [2.24, 2.45) is 0 Å². The predicted octanol–water partition coefficient (Wildman–Crippen LogP) is 2.28. The number of amides is 1. The van der Waals surface area contributed by atoms with Gasteiger partial charge in [-0.15, -0.1) is 0 Å². The van der Waals surface area contributed by atoms with Gasteiger partial charge in [0, 0.05) is 30.0 Å². The number of imidazole rings is 1. The van der Waals surface area contributed by atoms with Gasteiger partial charge in [0.1, 0.15) is 0 Å². The third kappa shape index (κ3) is 2.28. The molecular weight excluding hydrogens is 248 g/mol. The van der Waals surface area contributed by atoms with E-state index in [2.05, 4.69) is 14.7 Å². The number of rotatable bonds is 4. The topological polar surface area (TPSA) is 59.8 Å². The summed E-state index contributed by atoms with van der Waals surface area (Å²) in [7, 11) is 0. The first-order valence-corrected chi connectivity index (χ1v) is 6.56. The Kier molecular flexibility index (Phi) is 3.47. The largest absolute Gasteiger partial charge is 0.317 e. The predicted molar refractivity (Wildman–Crippen MR) is 71.7 cm³/mol. The van der Waals surface area contributed by atoms with Crippen molar-refractivity contribution < 1.29 is 4.79 Å². The van der Waals surface area contributed by atoms with Crippen molar-refractivity contribution in [3.8, 4) is 0 Å². The summed E-state index contributed by atoms with van der Waals surface area (Å²) >= 11 is 1.34. The molecule has 18 heavy (non-hydrogen) atoms. The number of carbonyl (C=O) groups excluding carboxylic acids is 1. The molecule has 1 N–H and O–H groups in total. The zero-order valence-corrected chi connectivity index (χ0v) is 11.5. The van der Waals surface area contributed by atoms with Gasteiger partial charge in [-0.25, -0.2) is 9.36 Å². The summed E-state index contributed by atoms with van der Waals surface area (Å²) in [6.07, 6.45) is 5.23. The quantitative estimate of drug-likeness (QED) is 0.921. The van der Waals surface area contributed by atoms with Crippen molar-refractivity contribution in [2.75, 3.05) is 5.32 Å². The van der Waals surface area contributed by atoms with Crippen molar-refractivity contribution in [1.82, 2.24) is 13.9 Å². The highest BCUT2D eigenvalue weighted by Crippen LogP contribution is 2.27. The first kappa shape index (κ1) is 12.8. The van der Waals surface area contributed by atoms with Crippen molar-refractivity contribution in [1.29, 1.82) is 0 Å². The van der Waals surface area contributed by atoms with E-state index < -0.39 is 5.41 Å². The molecule has 0 saturated carbocycles.